The molecule has 2 unspecified atom stereocenters. The number of piperazine rings is 1. The molecule has 1 N–H and O–H groups in total. The molecule has 3 aliphatic rings. The number of nitrogens with one attached hydrogen (secondary N) is 1. The van der Waals surface area contributed by atoms with Gasteiger partial charge in [0.25, 0.3) is 5.91 Å². The first-order valence-corrected chi connectivity index (χ1v) is 12.3. The zero-order valence-electron chi connectivity index (χ0n) is 20.7. The highest BCUT2D eigenvalue weighted by Crippen LogP contribution is 2.26. The zero-order valence-corrected chi connectivity index (χ0v) is 20.7. The summed E-state index contributed by atoms with van der Waals surface area (Å²) in [6.07, 6.45) is 11.1. The standard InChI is InChI=1S/C26H40N4O3/c1-26(2)13-7-5-10-20(12-9-14-26)25(33)30-17-16-28(3)19-22(30)23(31)27-18-21-11-6-8-15-29(4)24(21)32/h5,12-13,21-22H,6,8-11,14-19H2,1-4H3,(H,27,31). The van der Waals surface area contributed by atoms with Gasteiger partial charge in [0.05, 0.1) is 5.92 Å². The summed E-state index contributed by atoms with van der Waals surface area (Å²) in [5, 5.41) is 3.00. The predicted molar refractivity (Wildman–Crippen MR) is 129 cm³/mol. The number of likely N-dealkylation sites (tertiary alicyclic amines) is 1. The van der Waals surface area contributed by atoms with Crippen LogP contribution in [-0.2, 0) is 14.4 Å². The topological polar surface area (TPSA) is 73.0 Å². The van der Waals surface area contributed by atoms with E-state index in [2.05, 4.69) is 35.9 Å². The Morgan fingerprint density at radius 3 is 2.76 bits per heavy atom. The van der Waals surface area contributed by atoms with Crippen molar-refractivity contribution in [2.45, 2.75) is 58.4 Å². The van der Waals surface area contributed by atoms with Crippen molar-refractivity contribution in [1.29, 1.82) is 0 Å². The number of hydrogen-bond acceptors (Lipinski definition) is 4. The number of nitrogens with zero attached hydrogens (tertiary/aromatic N) is 3. The van der Waals surface area contributed by atoms with Gasteiger partial charge < -0.3 is 20.0 Å². The van der Waals surface area contributed by atoms with Gasteiger partial charge in [-0.2, -0.15) is 0 Å². The van der Waals surface area contributed by atoms with Crippen LogP contribution in [0.25, 0.3) is 0 Å². The average molecular weight is 457 g/mol. The summed E-state index contributed by atoms with van der Waals surface area (Å²) in [6, 6.07) is -0.556. The van der Waals surface area contributed by atoms with E-state index in [9.17, 15) is 14.4 Å². The third kappa shape index (κ3) is 6.81. The smallest absolute Gasteiger partial charge is 0.250 e. The van der Waals surface area contributed by atoms with Gasteiger partial charge in [-0.1, -0.05) is 26.3 Å². The summed E-state index contributed by atoms with van der Waals surface area (Å²) in [5.74, 6) is -0.328. The van der Waals surface area contributed by atoms with Crippen LogP contribution in [0.5, 0.6) is 0 Å². The molecule has 0 aromatic rings. The second kappa shape index (κ2) is 11.2. The maximum absolute atomic E-state index is 13.5. The molecular weight excluding hydrogens is 416 g/mol. The molecule has 7 heteroatoms. The molecule has 3 amide bonds. The molecule has 0 aromatic heterocycles. The number of rotatable bonds is 4. The maximum Gasteiger partial charge on any atom is 0.250 e. The lowest BCUT2D eigenvalue weighted by Gasteiger charge is -2.39. The first-order valence-electron chi connectivity index (χ1n) is 12.3. The van der Waals surface area contributed by atoms with Crippen LogP contribution >= 0.6 is 0 Å². The summed E-state index contributed by atoms with van der Waals surface area (Å²) in [7, 11) is 3.80. The molecule has 182 valence electrons. The second-order valence-corrected chi connectivity index (χ2v) is 10.5. The van der Waals surface area contributed by atoms with Gasteiger partial charge in [0.2, 0.25) is 11.8 Å². The monoisotopic (exact) mass is 456 g/mol. The highest BCUT2D eigenvalue weighted by atomic mass is 16.2. The molecule has 1 aliphatic carbocycles. The number of amides is 3. The largest absolute Gasteiger partial charge is 0.353 e. The number of allylic oxidation sites excluding steroid dienone is 2. The van der Waals surface area contributed by atoms with Crippen LogP contribution in [0.4, 0.5) is 0 Å². The maximum atomic E-state index is 13.5. The summed E-state index contributed by atoms with van der Waals surface area (Å²) in [5.41, 5.74) is 4.01. The number of carbonyl (C=O) groups is 3. The Morgan fingerprint density at radius 1 is 1.18 bits per heavy atom. The van der Waals surface area contributed by atoms with E-state index in [1.165, 1.54) is 0 Å². The van der Waals surface area contributed by atoms with Gasteiger partial charge in [0, 0.05) is 51.8 Å². The number of carbonyl (C=O) groups excluding carboxylic acids is 3. The van der Waals surface area contributed by atoms with Crippen LogP contribution in [0.1, 0.15) is 52.4 Å². The van der Waals surface area contributed by atoms with Crippen molar-refractivity contribution in [2.75, 3.05) is 46.8 Å². The van der Waals surface area contributed by atoms with Gasteiger partial charge in [-0.05, 0) is 50.3 Å². The molecular formula is C26H40N4O3. The van der Waals surface area contributed by atoms with Crippen molar-refractivity contribution < 1.29 is 14.4 Å². The fourth-order valence-corrected chi connectivity index (χ4v) is 4.79. The third-order valence-electron chi connectivity index (χ3n) is 7.06. The molecule has 0 radical (unpaired) electrons. The van der Waals surface area contributed by atoms with Gasteiger partial charge >= 0.3 is 0 Å². The van der Waals surface area contributed by atoms with Crippen molar-refractivity contribution in [1.82, 2.24) is 20.0 Å². The van der Waals surface area contributed by atoms with Crippen LogP contribution in [0.2, 0.25) is 0 Å². The van der Waals surface area contributed by atoms with Gasteiger partial charge in [-0.3, -0.25) is 14.4 Å². The van der Waals surface area contributed by atoms with Crippen LogP contribution in [0.3, 0.4) is 0 Å². The quantitative estimate of drug-likeness (QED) is 0.659. The Balaban J connectivity index is 1.69. The van der Waals surface area contributed by atoms with E-state index in [4.69, 9.17) is 0 Å². The molecule has 2 heterocycles. The van der Waals surface area contributed by atoms with E-state index in [-0.39, 0.29) is 29.1 Å². The summed E-state index contributed by atoms with van der Waals surface area (Å²) >= 11 is 0. The lowest BCUT2D eigenvalue weighted by molar-refractivity contribution is -0.141. The highest BCUT2D eigenvalue weighted by Gasteiger charge is 2.36. The minimum atomic E-state index is -0.556. The number of hydrogen-bond donors (Lipinski definition) is 1. The normalized spacial score (nSPS) is 26.7. The van der Waals surface area contributed by atoms with E-state index >= 15 is 0 Å². The molecule has 2 atom stereocenters. The highest BCUT2D eigenvalue weighted by molar-refractivity contribution is 5.97. The van der Waals surface area contributed by atoms with Gasteiger partial charge in [0.15, 0.2) is 0 Å². The van der Waals surface area contributed by atoms with Crippen LogP contribution in [0, 0.1) is 11.3 Å². The first-order chi connectivity index (χ1) is 15.7. The molecule has 7 nitrogen and oxygen atoms in total. The minimum absolute atomic E-state index is 0.0469. The fourth-order valence-electron chi connectivity index (χ4n) is 4.79. The third-order valence-corrected chi connectivity index (χ3v) is 7.06. The van der Waals surface area contributed by atoms with Crippen molar-refractivity contribution >= 4 is 17.7 Å². The van der Waals surface area contributed by atoms with Crippen molar-refractivity contribution in [3.05, 3.63) is 29.5 Å². The minimum Gasteiger partial charge on any atom is -0.353 e. The second-order valence-electron chi connectivity index (χ2n) is 10.5. The fraction of sp³-hybridized carbons (Fsp3) is 0.692. The molecule has 0 aromatic carbocycles. The summed E-state index contributed by atoms with van der Waals surface area (Å²) in [6.45, 7) is 7.19. The zero-order chi connectivity index (χ0) is 24.0. The average Bonchev–Trinajstić information content (AvgIpc) is 2.87. The SMILES string of the molecule is CN1CCN(C(=O)C2=CCCC(C)(C)C=C=CC2)C(C(=O)NCC2CCCCN(C)C2=O)C1. The van der Waals surface area contributed by atoms with Gasteiger partial charge in [0.1, 0.15) is 6.04 Å². The molecule has 2 saturated heterocycles. The Labute approximate surface area is 198 Å². The van der Waals surface area contributed by atoms with Gasteiger partial charge in [-0.25, -0.2) is 0 Å². The van der Waals surface area contributed by atoms with Crippen molar-refractivity contribution in [2.24, 2.45) is 11.3 Å². The molecule has 0 bridgehead atoms. The molecule has 0 spiro atoms. The van der Waals surface area contributed by atoms with E-state index in [0.717, 1.165) is 50.8 Å². The summed E-state index contributed by atoms with van der Waals surface area (Å²) < 4.78 is 0. The first kappa shape index (κ1) is 25.3. The molecule has 0 saturated carbocycles. The Morgan fingerprint density at radius 2 is 1.97 bits per heavy atom. The predicted octanol–water partition coefficient (Wildman–Crippen LogP) is 2.35. The van der Waals surface area contributed by atoms with E-state index < -0.39 is 6.04 Å². The summed E-state index contributed by atoms with van der Waals surface area (Å²) in [4.78, 5) is 44.9. The number of likely N-dealkylation sites (N-methyl/N-ethyl adjacent to an activating group) is 1. The molecule has 3 rings (SSSR count). The van der Waals surface area contributed by atoms with Crippen LogP contribution in [0.15, 0.2) is 29.5 Å². The van der Waals surface area contributed by atoms with Crippen LogP contribution < -0.4 is 5.32 Å². The van der Waals surface area contributed by atoms with Crippen molar-refractivity contribution in [3.8, 4) is 0 Å². The van der Waals surface area contributed by atoms with E-state index in [0.29, 0.717) is 26.1 Å². The van der Waals surface area contributed by atoms with Crippen molar-refractivity contribution in [3.63, 3.8) is 0 Å². The lowest BCUT2D eigenvalue weighted by atomic mass is 9.88. The molecule has 33 heavy (non-hydrogen) atoms. The molecule has 2 aliphatic heterocycles. The van der Waals surface area contributed by atoms with Gasteiger partial charge in [-0.15, -0.1) is 5.73 Å². The lowest BCUT2D eigenvalue weighted by Crippen LogP contribution is -2.60. The Bertz CT molecular complexity index is 840. The Kier molecular flexibility index (Phi) is 8.55. The van der Waals surface area contributed by atoms with E-state index in [1.807, 2.05) is 26.2 Å². The van der Waals surface area contributed by atoms with Crippen LogP contribution in [-0.4, -0.2) is 85.3 Å². The van der Waals surface area contributed by atoms with E-state index in [1.54, 1.807) is 9.80 Å². The Hall–Kier alpha value is -2.37. The molecule has 2 fully saturated rings.